The average Bonchev–Trinajstić information content (AvgIpc) is 2.77. The fourth-order valence-electron chi connectivity index (χ4n) is 1.92. The van der Waals surface area contributed by atoms with Crippen molar-refractivity contribution in [2.45, 2.75) is 6.04 Å². The van der Waals surface area contributed by atoms with Crippen LogP contribution in [0.2, 0.25) is 0 Å². The largest absolute Gasteiger partial charge is 0.508 e. The summed E-state index contributed by atoms with van der Waals surface area (Å²) < 4.78 is 5.27. The Kier molecular flexibility index (Phi) is 3.61. The Balaban J connectivity index is 2.01. The molecule has 1 heterocycles. The molecule has 1 saturated heterocycles. The normalized spacial score (nSPS) is 23.6. The molecule has 1 aliphatic heterocycles. The van der Waals surface area contributed by atoms with Gasteiger partial charge in [-0.15, -0.1) is 0 Å². The lowest BCUT2D eigenvalue weighted by Gasteiger charge is -2.16. The maximum absolute atomic E-state index is 12.0. The highest BCUT2D eigenvalue weighted by Gasteiger charge is 2.32. The maximum atomic E-state index is 12.0. The summed E-state index contributed by atoms with van der Waals surface area (Å²) in [7, 11) is 1.81. The first-order chi connectivity index (χ1) is 8.20. The lowest BCUT2D eigenvalue weighted by Crippen LogP contribution is -2.39. The molecular formula is C12H16N2O3. The van der Waals surface area contributed by atoms with Crippen molar-refractivity contribution in [3.63, 3.8) is 0 Å². The van der Waals surface area contributed by atoms with Gasteiger partial charge in [0.05, 0.1) is 19.1 Å². The summed E-state index contributed by atoms with van der Waals surface area (Å²) in [5, 5.41) is 15.1. The summed E-state index contributed by atoms with van der Waals surface area (Å²) in [6.07, 6.45) is 0. The lowest BCUT2D eigenvalue weighted by molar-refractivity contribution is -0.120. The van der Waals surface area contributed by atoms with Crippen LogP contribution in [0.15, 0.2) is 24.3 Å². The van der Waals surface area contributed by atoms with Crippen molar-refractivity contribution in [2.24, 2.45) is 5.92 Å². The van der Waals surface area contributed by atoms with E-state index in [0.29, 0.717) is 18.9 Å². The van der Waals surface area contributed by atoms with Crippen LogP contribution in [-0.2, 0) is 9.53 Å². The van der Waals surface area contributed by atoms with E-state index in [-0.39, 0.29) is 23.6 Å². The van der Waals surface area contributed by atoms with Crippen LogP contribution >= 0.6 is 0 Å². The molecule has 0 bridgehead atoms. The molecule has 2 atom stereocenters. The van der Waals surface area contributed by atoms with Gasteiger partial charge in [-0.3, -0.25) is 4.79 Å². The molecule has 0 aromatic heterocycles. The fourth-order valence-corrected chi connectivity index (χ4v) is 1.92. The zero-order valence-electron chi connectivity index (χ0n) is 9.64. The number of carbonyl (C=O) groups excluding carboxylic acids is 1. The minimum atomic E-state index is -0.192. The number of anilines is 1. The zero-order valence-corrected chi connectivity index (χ0v) is 9.64. The molecular weight excluding hydrogens is 220 g/mol. The number of phenolic OH excluding ortho intramolecular Hbond substituents is 1. The van der Waals surface area contributed by atoms with Crippen molar-refractivity contribution in [2.75, 3.05) is 25.6 Å². The highest BCUT2D eigenvalue weighted by Crippen LogP contribution is 2.19. The number of nitrogens with one attached hydrogen (secondary N) is 2. The third-order valence-electron chi connectivity index (χ3n) is 2.90. The second-order valence-electron chi connectivity index (χ2n) is 4.08. The molecule has 0 spiro atoms. The van der Waals surface area contributed by atoms with Crippen LogP contribution in [0.3, 0.4) is 0 Å². The SMILES string of the molecule is CNC1COCC1C(=O)Nc1cccc(O)c1. The molecule has 92 valence electrons. The molecule has 1 aromatic carbocycles. The number of aromatic hydroxyl groups is 1. The van der Waals surface area contributed by atoms with E-state index < -0.39 is 0 Å². The van der Waals surface area contributed by atoms with Crippen molar-refractivity contribution >= 4 is 11.6 Å². The Morgan fingerprint density at radius 2 is 2.29 bits per heavy atom. The Labute approximate surface area is 99.8 Å². The minimum absolute atomic E-state index is 0.0484. The van der Waals surface area contributed by atoms with Crippen molar-refractivity contribution in [3.8, 4) is 5.75 Å². The van der Waals surface area contributed by atoms with Gasteiger partial charge in [-0.05, 0) is 19.2 Å². The number of phenols is 1. The van der Waals surface area contributed by atoms with Gasteiger partial charge in [0.2, 0.25) is 5.91 Å². The Morgan fingerprint density at radius 3 is 3.00 bits per heavy atom. The maximum Gasteiger partial charge on any atom is 0.231 e. The summed E-state index contributed by atoms with van der Waals surface area (Å²) in [5.41, 5.74) is 0.594. The molecule has 2 unspecified atom stereocenters. The van der Waals surface area contributed by atoms with Crippen LogP contribution in [0, 0.1) is 5.92 Å². The number of benzene rings is 1. The summed E-state index contributed by atoms with van der Waals surface area (Å²) in [4.78, 5) is 12.0. The van der Waals surface area contributed by atoms with Crippen molar-refractivity contribution in [1.29, 1.82) is 0 Å². The molecule has 1 fully saturated rings. The van der Waals surface area contributed by atoms with Crippen LogP contribution in [0.25, 0.3) is 0 Å². The van der Waals surface area contributed by atoms with E-state index in [0.717, 1.165) is 0 Å². The lowest BCUT2D eigenvalue weighted by atomic mass is 10.0. The van der Waals surface area contributed by atoms with Gasteiger partial charge in [0.15, 0.2) is 0 Å². The number of likely N-dealkylation sites (N-methyl/N-ethyl adjacent to an activating group) is 1. The summed E-state index contributed by atoms with van der Waals surface area (Å²) in [5.74, 6) is -0.148. The molecule has 5 nitrogen and oxygen atoms in total. The molecule has 0 aliphatic carbocycles. The second-order valence-corrected chi connectivity index (χ2v) is 4.08. The molecule has 1 aromatic rings. The molecule has 1 aliphatic rings. The van der Waals surface area contributed by atoms with Gasteiger partial charge in [-0.2, -0.15) is 0 Å². The van der Waals surface area contributed by atoms with Crippen LogP contribution in [0.5, 0.6) is 5.75 Å². The van der Waals surface area contributed by atoms with Gasteiger partial charge < -0.3 is 20.5 Å². The molecule has 17 heavy (non-hydrogen) atoms. The monoisotopic (exact) mass is 236 g/mol. The minimum Gasteiger partial charge on any atom is -0.508 e. The van der Waals surface area contributed by atoms with Gasteiger partial charge >= 0.3 is 0 Å². The van der Waals surface area contributed by atoms with Crippen LogP contribution in [-0.4, -0.2) is 37.3 Å². The third kappa shape index (κ3) is 2.75. The van der Waals surface area contributed by atoms with Crippen molar-refractivity contribution < 1.29 is 14.6 Å². The standard InChI is InChI=1S/C12H16N2O3/c1-13-11-7-17-6-10(11)12(16)14-8-3-2-4-9(15)5-8/h2-5,10-11,13,15H,6-7H2,1H3,(H,14,16). The quantitative estimate of drug-likeness (QED) is 0.717. The highest BCUT2D eigenvalue weighted by molar-refractivity contribution is 5.93. The topological polar surface area (TPSA) is 70.6 Å². The molecule has 1 amide bonds. The van der Waals surface area contributed by atoms with E-state index in [1.807, 2.05) is 7.05 Å². The Bertz CT molecular complexity index is 408. The van der Waals surface area contributed by atoms with Crippen molar-refractivity contribution in [3.05, 3.63) is 24.3 Å². The van der Waals surface area contributed by atoms with E-state index in [4.69, 9.17) is 4.74 Å². The number of ether oxygens (including phenoxy) is 1. The number of amides is 1. The average molecular weight is 236 g/mol. The Morgan fingerprint density at radius 1 is 1.47 bits per heavy atom. The van der Waals surface area contributed by atoms with Crippen molar-refractivity contribution in [1.82, 2.24) is 5.32 Å². The predicted octanol–water partition coefficient (Wildman–Crippen LogP) is 0.565. The van der Waals surface area contributed by atoms with Gasteiger partial charge in [-0.1, -0.05) is 6.07 Å². The predicted molar refractivity (Wildman–Crippen MR) is 63.9 cm³/mol. The van der Waals surface area contributed by atoms with E-state index >= 15 is 0 Å². The number of hydrogen-bond acceptors (Lipinski definition) is 4. The van der Waals surface area contributed by atoms with E-state index in [1.165, 1.54) is 6.07 Å². The number of hydrogen-bond donors (Lipinski definition) is 3. The summed E-state index contributed by atoms with van der Waals surface area (Å²) in [6, 6.07) is 6.55. The number of carbonyl (C=O) groups is 1. The van der Waals surface area contributed by atoms with Crippen LogP contribution in [0.4, 0.5) is 5.69 Å². The molecule has 2 rings (SSSR count). The van der Waals surface area contributed by atoms with E-state index in [1.54, 1.807) is 18.2 Å². The highest BCUT2D eigenvalue weighted by atomic mass is 16.5. The van der Waals surface area contributed by atoms with Gasteiger partial charge in [0.25, 0.3) is 0 Å². The first-order valence-electron chi connectivity index (χ1n) is 5.55. The second kappa shape index (κ2) is 5.16. The van der Waals surface area contributed by atoms with E-state index in [9.17, 15) is 9.90 Å². The van der Waals surface area contributed by atoms with Gasteiger partial charge in [-0.25, -0.2) is 0 Å². The van der Waals surface area contributed by atoms with Gasteiger partial charge in [0, 0.05) is 17.8 Å². The molecule has 3 N–H and O–H groups in total. The smallest absolute Gasteiger partial charge is 0.231 e. The molecule has 5 heteroatoms. The first-order valence-corrected chi connectivity index (χ1v) is 5.55. The van der Waals surface area contributed by atoms with Gasteiger partial charge in [0.1, 0.15) is 5.75 Å². The zero-order chi connectivity index (χ0) is 12.3. The van der Waals surface area contributed by atoms with Crippen LogP contribution < -0.4 is 10.6 Å². The summed E-state index contributed by atoms with van der Waals surface area (Å²) >= 11 is 0. The fraction of sp³-hybridized carbons (Fsp3) is 0.417. The van der Waals surface area contributed by atoms with E-state index in [2.05, 4.69) is 10.6 Å². The molecule has 0 radical (unpaired) electrons. The number of rotatable bonds is 3. The van der Waals surface area contributed by atoms with Crippen LogP contribution in [0.1, 0.15) is 0 Å². The molecule has 0 saturated carbocycles. The first kappa shape index (κ1) is 11.9. The Hall–Kier alpha value is -1.59. The third-order valence-corrected chi connectivity index (χ3v) is 2.90. The summed E-state index contributed by atoms with van der Waals surface area (Å²) in [6.45, 7) is 0.977.